The number of rotatable bonds is 24. The summed E-state index contributed by atoms with van der Waals surface area (Å²) in [5.74, 6) is 1.19. The van der Waals surface area contributed by atoms with E-state index in [0.29, 0.717) is 35.8 Å². The van der Waals surface area contributed by atoms with Gasteiger partial charge in [-0.05, 0) is 85.6 Å². The molecule has 0 aliphatic carbocycles. The molecule has 46 heavy (non-hydrogen) atoms. The molecule has 0 aromatic heterocycles. The summed E-state index contributed by atoms with van der Waals surface area (Å²) < 4.78 is 17.0. The number of carbonyl (C=O) groups is 2. The summed E-state index contributed by atoms with van der Waals surface area (Å²) >= 11 is 0. The van der Waals surface area contributed by atoms with Crippen LogP contribution in [0.5, 0.6) is 17.2 Å². The molecule has 3 aromatic rings. The molecule has 0 aliphatic rings. The van der Waals surface area contributed by atoms with Crippen LogP contribution in [0.2, 0.25) is 0 Å². The Kier molecular flexibility index (Phi) is 18.1. The molecule has 250 valence electrons. The highest BCUT2D eigenvalue weighted by Crippen LogP contribution is 2.20. The van der Waals surface area contributed by atoms with E-state index in [1.54, 1.807) is 48.5 Å². The maximum atomic E-state index is 12.7. The Morgan fingerprint density at radius 1 is 0.478 bits per heavy atom. The molecular formula is C40H55NO5. The first-order chi connectivity index (χ1) is 22.6. The minimum atomic E-state index is -0.461. The van der Waals surface area contributed by atoms with E-state index < -0.39 is 5.97 Å². The third-order valence-corrected chi connectivity index (χ3v) is 8.06. The molecule has 0 radical (unpaired) electrons. The summed E-state index contributed by atoms with van der Waals surface area (Å²) in [7, 11) is 0. The average Bonchev–Trinajstić information content (AvgIpc) is 3.08. The van der Waals surface area contributed by atoms with Gasteiger partial charge in [0.25, 0.3) is 5.91 Å². The topological polar surface area (TPSA) is 73.9 Å². The molecule has 3 rings (SSSR count). The van der Waals surface area contributed by atoms with Crippen molar-refractivity contribution in [3.63, 3.8) is 0 Å². The highest BCUT2D eigenvalue weighted by molar-refractivity contribution is 6.04. The zero-order chi connectivity index (χ0) is 32.7. The number of anilines is 1. The number of carbonyl (C=O) groups excluding carboxylic acids is 2. The Morgan fingerprint density at radius 2 is 0.891 bits per heavy atom. The maximum Gasteiger partial charge on any atom is 0.343 e. The number of ether oxygens (including phenoxy) is 3. The number of amides is 1. The molecule has 0 unspecified atom stereocenters. The quantitative estimate of drug-likeness (QED) is 0.0606. The number of nitrogens with one attached hydrogen (secondary N) is 1. The van der Waals surface area contributed by atoms with Crippen LogP contribution in [0.15, 0.2) is 72.8 Å². The second-order valence-corrected chi connectivity index (χ2v) is 12.1. The van der Waals surface area contributed by atoms with Crippen LogP contribution in [-0.4, -0.2) is 25.1 Å². The van der Waals surface area contributed by atoms with Gasteiger partial charge in [0.05, 0.1) is 18.8 Å². The SMILES string of the molecule is CCCCCCCCCCCCCCCCOc1ccc(C(=O)Oc2ccc(C(=O)Nc3ccc(OCCCC)cc3)cc2)cc1. The fourth-order valence-corrected chi connectivity index (χ4v) is 5.19. The van der Waals surface area contributed by atoms with E-state index >= 15 is 0 Å². The number of hydrogen-bond acceptors (Lipinski definition) is 5. The molecule has 3 aromatic carbocycles. The number of benzene rings is 3. The van der Waals surface area contributed by atoms with Crippen LogP contribution in [0.1, 0.15) is 137 Å². The summed E-state index contributed by atoms with van der Waals surface area (Å²) in [6.07, 6.45) is 20.7. The fraction of sp³-hybridized carbons (Fsp3) is 0.500. The lowest BCUT2D eigenvalue weighted by Crippen LogP contribution is -2.12. The van der Waals surface area contributed by atoms with Crippen molar-refractivity contribution in [1.29, 1.82) is 0 Å². The third-order valence-electron chi connectivity index (χ3n) is 8.06. The molecule has 0 saturated heterocycles. The molecule has 1 amide bonds. The van der Waals surface area contributed by atoms with E-state index in [2.05, 4.69) is 19.2 Å². The minimum absolute atomic E-state index is 0.248. The summed E-state index contributed by atoms with van der Waals surface area (Å²) in [5, 5.41) is 2.87. The zero-order valence-electron chi connectivity index (χ0n) is 28.2. The van der Waals surface area contributed by atoms with Crippen molar-refractivity contribution in [1.82, 2.24) is 0 Å². The van der Waals surface area contributed by atoms with E-state index in [0.717, 1.165) is 30.8 Å². The molecule has 0 bridgehead atoms. The van der Waals surface area contributed by atoms with Gasteiger partial charge in [-0.3, -0.25) is 4.79 Å². The number of esters is 1. The first-order valence-corrected chi connectivity index (χ1v) is 17.7. The molecular weight excluding hydrogens is 574 g/mol. The van der Waals surface area contributed by atoms with Gasteiger partial charge >= 0.3 is 5.97 Å². The van der Waals surface area contributed by atoms with Gasteiger partial charge in [0.1, 0.15) is 17.2 Å². The van der Waals surface area contributed by atoms with E-state index in [9.17, 15) is 9.59 Å². The predicted molar refractivity (Wildman–Crippen MR) is 188 cm³/mol. The second-order valence-electron chi connectivity index (χ2n) is 12.1. The lowest BCUT2D eigenvalue weighted by molar-refractivity contribution is 0.0734. The van der Waals surface area contributed by atoms with Gasteiger partial charge in [-0.2, -0.15) is 0 Å². The van der Waals surface area contributed by atoms with Crippen LogP contribution in [0.3, 0.4) is 0 Å². The highest BCUT2D eigenvalue weighted by atomic mass is 16.5. The van der Waals surface area contributed by atoms with Crippen molar-refractivity contribution in [2.24, 2.45) is 0 Å². The predicted octanol–water partition coefficient (Wildman–Crippen LogP) is 11.2. The lowest BCUT2D eigenvalue weighted by Gasteiger charge is -2.09. The largest absolute Gasteiger partial charge is 0.494 e. The van der Waals surface area contributed by atoms with Gasteiger partial charge in [-0.25, -0.2) is 4.79 Å². The molecule has 0 heterocycles. The van der Waals surface area contributed by atoms with Gasteiger partial charge in [-0.15, -0.1) is 0 Å². The van der Waals surface area contributed by atoms with E-state index in [-0.39, 0.29) is 5.91 Å². The Hall–Kier alpha value is -3.80. The Bertz CT molecular complexity index is 1240. The maximum absolute atomic E-state index is 12.7. The summed E-state index contributed by atoms with van der Waals surface area (Å²) in [6.45, 7) is 5.75. The molecule has 0 fully saturated rings. The highest BCUT2D eigenvalue weighted by Gasteiger charge is 2.11. The Balaban J connectivity index is 1.26. The number of unbranched alkanes of at least 4 members (excludes halogenated alkanes) is 14. The Morgan fingerprint density at radius 3 is 1.41 bits per heavy atom. The molecule has 6 heteroatoms. The van der Waals surface area contributed by atoms with Crippen molar-refractivity contribution in [2.75, 3.05) is 18.5 Å². The van der Waals surface area contributed by atoms with Gasteiger partial charge in [0.15, 0.2) is 0 Å². The van der Waals surface area contributed by atoms with Crippen LogP contribution in [0.4, 0.5) is 5.69 Å². The first kappa shape index (κ1) is 36.7. The Labute approximate surface area is 277 Å². The minimum Gasteiger partial charge on any atom is -0.494 e. The third kappa shape index (κ3) is 15.0. The van der Waals surface area contributed by atoms with Crippen LogP contribution >= 0.6 is 0 Å². The van der Waals surface area contributed by atoms with Crippen molar-refractivity contribution in [3.8, 4) is 17.2 Å². The summed E-state index contributed by atoms with van der Waals surface area (Å²) in [4.78, 5) is 25.3. The molecule has 0 atom stereocenters. The van der Waals surface area contributed by atoms with Crippen LogP contribution in [0, 0.1) is 0 Å². The monoisotopic (exact) mass is 629 g/mol. The smallest absolute Gasteiger partial charge is 0.343 e. The van der Waals surface area contributed by atoms with Gasteiger partial charge in [0, 0.05) is 11.3 Å². The van der Waals surface area contributed by atoms with Crippen molar-refractivity contribution >= 4 is 17.6 Å². The lowest BCUT2D eigenvalue weighted by atomic mass is 10.0. The van der Waals surface area contributed by atoms with Crippen molar-refractivity contribution in [2.45, 2.75) is 117 Å². The van der Waals surface area contributed by atoms with Crippen molar-refractivity contribution in [3.05, 3.63) is 83.9 Å². The molecule has 0 spiro atoms. The van der Waals surface area contributed by atoms with E-state index in [4.69, 9.17) is 14.2 Å². The second kappa shape index (κ2) is 22.7. The van der Waals surface area contributed by atoms with Gasteiger partial charge in [0.2, 0.25) is 0 Å². The first-order valence-electron chi connectivity index (χ1n) is 17.7. The van der Waals surface area contributed by atoms with E-state index in [1.807, 2.05) is 24.3 Å². The number of hydrogen-bond donors (Lipinski definition) is 1. The average molecular weight is 630 g/mol. The van der Waals surface area contributed by atoms with Crippen molar-refractivity contribution < 1.29 is 23.8 Å². The fourth-order valence-electron chi connectivity index (χ4n) is 5.19. The molecule has 0 aliphatic heterocycles. The molecule has 0 saturated carbocycles. The van der Waals surface area contributed by atoms with Gasteiger partial charge < -0.3 is 19.5 Å². The normalized spacial score (nSPS) is 10.8. The molecule has 1 N–H and O–H groups in total. The standard InChI is InChI=1S/C40H55NO5/c1-3-5-7-8-9-10-11-12-13-14-15-16-17-18-32-45-36-25-21-34(22-26-36)40(43)46-38-27-19-33(20-28-38)39(42)41-35-23-29-37(30-24-35)44-31-6-4-2/h19-30H,3-18,31-32H2,1-2H3,(H,41,42). The van der Waals surface area contributed by atoms with Gasteiger partial charge in [-0.1, -0.05) is 104 Å². The zero-order valence-corrected chi connectivity index (χ0v) is 28.2. The molecule has 6 nitrogen and oxygen atoms in total. The summed E-state index contributed by atoms with van der Waals surface area (Å²) in [5.41, 5.74) is 1.58. The van der Waals surface area contributed by atoms with E-state index in [1.165, 1.54) is 83.5 Å². The van der Waals surface area contributed by atoms with Crippen LogP contribution in [0.25, 0.3) is 0 Å². The van der Waals surface area contributed by atoms with Crippen LogP contribution < -0.4 is 19.5 Å². The van der Waals surface area contributed by atoms with Crippen LogP contribution in [-0.2, 0) is 0 Å². The summed E-state index contributed by atoms with van der Waals surface area (Å²) in [6, 6.07) is 20.8.